The maximum atomic E-state index is 13.9. The highest BCUT2D eigenvalue weighted by atomic mass is 32.1. The van der Waals surface area contributed by atoms with E-state index in [1.54, 1.807) is 29.5 Å². The summed E-state index contributed by atoms with van der Waals surface area (Å²) >= 11 is 1.62. The zero-order valence-electron chi connectivity index (χ0n) is 13.1. The van der Waals surface area contributed by atoms with Gasteiger partial charge in [0.1, 0.15) is 5.82 Å². The molecule has 0 unspecified atom stereocenters. The number of thiophene rings is 1. The summed E-state index contributed by atoms with van der Waals surface area (Å²) in [5, 5.41) is 7.66. The molecule has 0 aliphatic heterocycles. The van der Waals surface area contributed by atoms with E-state index in [2.05, 4.69) is 10.6 Å². The Morgan fingerprint density at radius 1 is 1.23 bits per heavy atom. The molecule has 0 aliphatic rings. The lowest BCUT2D eigenvalue weighted by molar-refractivity contribution is 0.238. The first-order valence-corrected chi connectivity index (χ1v) is 8.08. The third-order valence-corrected chi connectivity index (χ3v) is 4.69. The zero-order valence-corrected chi connectivity index (χ0v) is 13.9. The molecule has 0 bridgehead atoms. The van der Waals surface area contributed by atoms with Crippen LogP contribution in [0.5, 0.6) is 0 Å². The highest BCUT2D eigenvalue weighted by Crippen LogP contribution is 2.24. The van der Waals surface area contributed by atoms with Crippen LogP contribution in [-0.2, 0) is 12.0 Å². The average Bonchev–Trinajstić information content (AvgIpc) is 2.89. The summed E-state index contributed by atoms with van der Waals surface area (Å²) < 4.78 is 13.9. The van der Waals surface area contributed by atoms with Gasteiger partial charge < -0.3 is 10.6 Å². The summed E-state index contributed by atoms with van der Waals surface area (Å²) in [6, 6.07) is 8.46. The van der Waals surface area contributed by atoms with Gasteiger partial charge in [-0.25, -0.2) is 9.18 Å². The highest BCUT2D eigenvalue weighted by Gasteiger charge is 2.24. The van der Waals surface area contributed by atoms with E-state index < -0.39 is 5.41 Å². The van der Waals surface area contributed by atoms with E-state index in [1.165, 1.54) is 11.6 Å². The topological polar surface area (TPSA) is 41.1 Å². The number of carbonyl (C=O) groups excluding carboxylic acids is 1. The molecule has 0 aliphatic carbocycles. The summed E-state index contributed by atoms with van der Waals surface area (Å²) in [7, 11) is 0. The number of halogens is 1. The molecular formula is C17H21FN2OS. The van der Waals surface area contributed by atoms with E-state index >= 15 is 0 Å². The van der Waals surface area contributed by atoms with Crippen LogP contribution in [0.2, 0.25) is 0 Å². The van der Waals surface area contributed by atoms with Crippen molar-refractivity contribution in [3.8, 4) is 0 Å². The first-order chi connectivity index (χ1) is 10.4. The van der Waals surface area contributed by atoms with Gasteiger partial charge in [0, 0.05) is 16.8 Å². The summed E-state index contributed by atoms with van der Waals surface area (Å²) in [6.07, 6.45) is 0. The molecule has 118 valence electrons. The minimum Gasteiger partial charge on any atom is -0.337 e. The van der Waals surface area contributed by atoms with E-state index in [0.29, 0.717) is 18.7 Å². The van der Waals surface area contributed by atoms with Crippen molar-refractivity contribution in [3.63, 3.8) is 0 Å². The molecule has 2 N–H and O–H groups in total. The van der Waals surface area contributed by atoms with E-state index in [1.807, 2.05) is 32.2 Å². The molecule has 0 fully saturated rings. The van der Waals surface area contributed by atoms with Gasteiger partial charge in [-0.3, -0.25) is 0 Å². The first-order valence-electron chi connectivity index (χ1n) is 7.20. The van der Waals surface area contributed by atoms with Crippen LogP contribution in [0.4, 0.5) is 9.18 Å². The number of hydrogen-bond donors (Lipinski definition) is 2. The summed E-state index contributed by atoms with van der Waals surface area (Å²) in [5.41, 5.74) is 1.31. The highest BCUT2D eigenvalue weighted by molar-refractivity contribution is 7.10. The zero-order chi connectivity index (χ0) is 16.2. The minimum absolute atomic E-state index is 0.239. The Morgan fingerprint density at radius 2 is 1.95 bits per heavy atom. The quantitative estimate of drug-likeness (QED) is 0.860. The molecule has 2 rings (SSSR count). The fourth-order valence-electron chi connectivity index (χ4n) is 2.21. The summed E-state index contributed by atoms with van der Waals surface area (Å²) in [5.74, 6) is -0.246. The van der Waals surface area contributed by atoms with Gasteiger partial charge in [-0.15, -0.1) is 11.3 Å². The van der Waals surface area contributed by atoms with Crippen molar-refractivity contribution in [2.24, 2.45) is 0 Å². The molecule has 0 spiro atoms. The van der Waals surface area contributed by atoms with E-state index in [4.69, 9.17) is 0 Å². The van der Waals surface area contributed by atoms with E-state index in [0.717, 1.165) is 4.88 Å². The molecule has 3 nitrogen and oxygen atoms in total. The Bertz CT molecular complexity index is 652. The second-order valence-corrected chi connectivity index (χ2v) is 6.93. The van der Waals surface area contributed by atoms with Crippen molar-refractivity contribution in [2.75, 3.05) is 6.54 Å². The Balaban J connectivity index is 1.88. The van der Waals surface area contributed by atoms with Crippen molar-refractivity contribution in [2.45, 2.75) is 32.7 Å². The van der Waals surface area contributed by atoms with E-state index in [-0.39, 0.29) is 11.8 Å². The third kappa shape index (κ3) is 4.07. The number of benzene rings is 1. The van der Waals surface area contributed by atoms with Gasteiger partial charge in [-0.05, 0) is 35.6 Å². The maximum absolute atomic E-state index is 13.9. The lowest BCUT2D eigenvalue weighted by Crippen LogP contribution is -2.42. The molecule has 2 amide bonds. The van der Waals surface area contributed by atoms with Crippen molar-refractivity contribution >= 4 is 17.4 Å². The smallest absolute Gasteiger partial charge is 0.315 e. The molecule has 0 radical (unpaired) electrons. The molecule has 1 aromatic heterocycles. The fourth-order valence-corrected chi connectivity index (χ4v) is 3.06. The molecule has 1 heterocycles. The molecule has 1 aromatic carbocycles. The number of aryl methyl sites for hydroxylation is 1. The van der Waals surface area contributed by atoms with Gasteiger partial charge in [-0.2, -0.15) is 0 Å². The lowest BCUT2D eigenvalue weighted by Gasteiger charge is -2.26. The second-order valence-electron chi connectivity index (χ2n) is 5.93. The standard InChI is InChI=1S/C17H21FN2OS/c1-12-8-9-22-15(12)10-19-16(21)20-11-17(2,3)13-6-4-5-7-14(13)18/h4-9H,10-11H2,1-3H3,(H2,19,20,21). The van der Waals surface area contributed by atoms with E-state index in [9.17, 15) is 9.18 Å². The van der Waals surface area contributed by atoms with Gasteiger partial charge in [0.15, 0.2) is 0 Å². The second kappa shape index (κ2) is 6.92. The summed E-state index contributed by atoms with van der Waals surface area (Å²) in [4.78, 5) is 13.0. The Morgan fingerprint density at radius 3 is 2.59 bits per heavy atom. The lowest BCUT2D eigenvalue weighted by atomic mass is 9.84. The van der Waals surface area contributed by atoms with Crippen molar-refractivity contribution in [1.82, 2.24) is 10.6 Å². The van der Waals surface area contributed by atoms with Crippen LogP contribution >= 0.6 is 11.3 Å². The Labute approximate surface area is 134 Å². The molecular weight excluding hydrogens is 299 g/mol. The predicted octanol–water partition coefficient (Wildman–Crippen LogP) is 3.97. The number of carbonyl (C=O) groups is 1. The number of amides is 2. The monoisotopic (exact) mass is 320 g/mol. The van der Waals surface area contributed by atoms with Crippen molar-refractivity contribution in [3.05, 3.63) is 57.5 Å². The number of hydrogen-bond acceptors (Lipinski definition) is 2. The van der Waals surface area contributed by atoms with Gasteiger partial charge in [0.05, 0.1) is 6.54 Å². The number of urea groups is 1. The molecule has 0 saturated heterocycles. The van der Waals surface area contributed by atoms with Crippen LogP contribution in [0.3, 0.4) is 0 Å². The molecule has 2 aromatic rings. The van der Waals surface area contributed by atoms with Crippen LogP contribution in [0, 0.1) is 12.7 Å². The fraction of sp³-hybridized carbons (Fsp3) is 0.353. The largest absolute Gasteiger partial charge is 0.337 e. The van der Waals surface area contributed by atoms with Crippen LogP contribution < -0.4 is 10.6 Å². The Hall–Kier alpha value is -1.88. The minimum atomic E-state index is -0.471. The molecule has 0 atom stereocenters. The number of nitrogens with one attached hydrogen (secondary N) is 2. The maximum Gasteiger partial charge on any atom is 0.315 e. The van der Waals surface area contributed by atoms with Gasteiger partial charge in [0.25, 0.3) is 0 Å². The molecule has 0 saturated carbocycles. The SMILES string of the molecule is Cc1ccsc1CNC(=O)NCC(C)(C)c1ccccc1F. The van der Waals surface area contributed by atoms with Crippen LogP contribution in [-0.4, -0.2) is 12.6 Å². The average molecular weight is 320 g/mol. The number of rotatable bonds is 5. The predicted molar refractivity (Wildman–Crippen MR) is 88.7 cm³/mol. The third-order valence-electron chi connectivity index (χ3n) is 3.67. The van der Waals surface area contributed by atoms with Crippen LogP contribution in [0.15, 0.2) is 35.7 Å². The molecule has 5 heteroatoms. The van der Waals surface area contributed by atoms with Gasteiger partial charge in [0.2, 0.25) is 0 Å². The molecule has 22 heavy (non-hydrogen) atoms. The summed E-state index contributed by atoms with van der Waals surface area (Å²) in [6.45, 7) is 6.72. The van der Waals surface area contributed by atoms with Gasteiger partial charge in [-0.1, -0.05) is 32.0 Å². The van der Waals surface area contributed by atoms with Crippen LogP contribution in [0.25, 0.3) is 0 Å². The van der Waals surface area contributed by atoms with Gasteiger partial charge >= 0.3 is 6.03 Å². The normalized spacial score (nSPS) is 11.3. The van der Waals surface area contributed by atoms with Crippen molar-refractivity contribution in [1.29, 1.82) is 0 Å². The van der Waals surface area contributed by atoms with Crippen molar-refractivity contribution < 1.29 is 9.18 Å². The first kappa shape index (κ1) is 16.5. The Kier molecular flexibility index (Phi) is 5.19. The van der Waals surface area contributed by atoms with Crippen LogP contribution in [0.1, 0.15) is 29.9 Å².